The largest absolute Gasteiger partial charge is 0.510 e. The van der Waals surface area contributed by atoms with Crippen molar-refractivity contribution in [2.24, 2.45) is 0 Å². The standard InChI is InChI=1S/C14H13FO3S/c1-8(16)11-12(17)14(2,19-13(11)18)7-9-3-5-10(15)6-4-9/h3-6,17H,7H2,1-2H3. The van der Waals surface area contributed by atoms with Gasteiger partial charge in [0.25, 0.3) is 0 Å². The molecule has 19 heavy (non-hydrogen) atoms. The van der Waals surface area contributed by atoms with Crippen LogP contribution >= 0.6 is 11.8 Å². The molecule has 100 valence electrons. The molecule has 0 saturated carbocycles. The van der Waals surface area contributed by atoms with Crippen LogP contribution in [0.1, 0.15) is 19.4 Å². The molecule has 0 amide bonds. The van der Waals surface area contributed by atoms with E-state index in [1.165, 1.54) is 19.1 Å². The minimum absolute atomic E-state index is 0.130. The molecule has 1 aliphatic heterocycles. The van der Waals surface area contributed by atoms with Gasteiger partial charge in [0.15, 0.2) is 5.78 Å². The highest BCUT2D eigenvalue weighted by Gasteiger charge is 2.45. The maximum absolute atomic E-state index is 12.8. The lowest BCUT2D eigenvalue weighted by atomic mass is 9.95. The van der Waals surface area contributed by atoms with Gasteiger partial charge in [0.2, 0.25) is 5.12 Å². The summed E-state index contributed by atoms with van der Waals surface area (Å²) < 4.78 is 12.0. The third-order valence-corrected chi connectivity index (χ3v) is 4.24. The third kappa shape index (κ3) is 2.56. The summed E-state index contributed by atoms with van der Waals surface area (Å²) in [6.45, 7) is 2.96. The molecule has 0 radical (unpaired) electrons. The van der Waals surface area contributed by atoms with Gasteiger partial charge in [-0.2, -0.15) is 0 Å². The predicted octanol–water partition coefficient (Wildman–Crippen LogP) is 2.80. The van der Waals surface area contributed by atoms with Gasteiger partial charge in [0.05, 0.1) is 4.75 Å². The Kier molecular flexibility index (Phi) is 3.49. The van der Waals surface area contributed by atoms with Crippen LogP contribution in [0.5, 0.6) is 0 Å². The number of halogens is 1. The molecule has 0 aromatic heterocycles. The van der Waals surface area contributed by atoms with E-state index in [4.69, 9.17) is 0 Å². The Hall–Kier alpha value is -1.62. The van der Waals surface area contributed by atoms with Crippen molar-refractivity contribution in [2.75, 3.05) is 0 Å². The fraction of sp³-hybridized carbons (Fsp3) is 0.286. The maximum Gasteiger partial charge on any atom is 0.227 e. The lowest BCUT2D eigenvalue weighted by molar-refractivity contribution is -0.116. The average molecular weight is 280 g/mol. The molecule has 0 aliphatic carbocycles. The molecule has 0 saturated heterocycles. The second-order valence-corrected chi connectivity index (χ2v) is 6.18. The number of carbonyl (C=O) groups excluding carboxylic acids is 2. The average Bonchev–Trinajstić information content (AvgIpc) is 2.53. The van der Waals surface area contributed by atoms with E-state index in [-0.39, 0.29) is 17.1 Å². The van der Waals surface area contributed by atoms with Crippen LogP contribution in [0.15, 0.2) is 35.6 Å². The first kappa shape index (κ1) is 13.8. The number of aliphatic hydroxyl groups is 1. The van der Waals surface area contributed by atoms with Crippen molar-refractivity contribution in [1.82, 2.24) is 0 Å². The van der Waals surface area contributed by atoms with E-state index in [2.05, 4.69) is 0 Å². The highest BCUT2D eigenvalue weighted by atomic mass is 32.2. The zero-order valence-corrected chi connectivity index (χ0v) is 11.4. The normalized spacial score (nSPS) is 23.0. The maximum atomic E-state index is 12.8. The number of benzene rings is 1. The van der Waals surface area contributed by atoms with Crippen LogP contribution < -0.4 is 0 Å². The molecule has 3 nitrogen and oxygen atoms in total. The highest BCUT2D eigenvalue weighted by Crippen LogP contribution is 2.44. The van der Waals surface area contributed by atoms with E-state index in [0.29, 0.717) is 6.42 Å². The Labute approximate surface area is 114 Å². The molecule has 1 aromatic rings. The fourth-order valence-electron chi connectivity index (χ4n) is 2.09. The van der Waals surface area contributed by atoms with Gasteiger partial charge in [-0.3, -0.25) is 9.59 Å². The number of ketones is 1. The van der Waals surface area contributed by atoms with Crippen LogP contribution in [0.3, 0.4) is 0 Å². The van der Waals surface area contributed by atoms with Crippen LogP contribution in [-0.2, 0) is 16.0 Å². The zero-order chi connectivity index (χ0) is 14.2. The Morgan fingerprint density at radius 2 is 1.95 bits per heavy atom. The summed E-state index contributed by atoms with van der Waals surface area (Å²) in [7, 11) is 0. The molecular formula is C14H13FO3S. The van der Waals surface area contributed by atoms with Gasteiger partial charge in [-0.1, -0.05) is 23.9 Å². The van der Waals surface area contributed by atoms with E-state index in [9.17, 15) is 19.1 Å². The Morgan fingerprint density at radius 1 is 1.37 bits per heavy atom. The van der Waals surface area contributed by atoms with Crippen molar-refractivity contribution in [1.29, 1.82) is 0 Å². The number of aliphatic hydroxyl groups excluding tert-OH is 1. The number of carbonyl (C=O) groups is 2. The topological polar surface area (TPSA) is 54.4 Å². The molecule has 1 heterocycles. The fourth-order valence-corrected chi connectivity index (χ4v) is 3.28. The van der Waals surface area contributed by atoms with Gasteiger partial charge < -0.3 is 5.11 Å². The van der Waals surface area contributed by atoms with Gasteiger partial charge in [-0.05, 0) is 38.0 Å². The van der Waals surface area contributed by atoms with Crippen LogP contribution in [-0.4, -0.2) is 20.8 Å². The van der Waals surface area contributed by atoms with Crippen molar-refractivity contribution >= 4 is 22.7 Å². The quantitative estimate of drug-likeness (QED) is 0.865. The van der Waals surface area contributed by atoms with Gasteiger partial charge >= 0.3 is 0 Å². The molecule has 1 aliphatic rings. The van der Waals surface area contributed by atoms with Gasteiger partial charge in [-0.25, -0.2) is 4.39 Å². The molecule has 5 heteroatoms. The highest BCUT2D eigenvalue weighted by molar-refractivity contribution is 8.16. The molecule has 1 N–H and O–H groups in total. The van der Waals surface area contributed by atoms with Crippen molar-refractivity contribution in [3.8, 4) is 0 Å². The Balaban J connectivity index is 2.32. The number of hydrogen-bond acceptors (Lipinski definition) is 4. The Morgan fingerprint density at radius 3 is 2.42 bits per heavy atom. The van der Waals surface area contributed by atoms with Gasteiger partial charge in [-0.15, -0.1) is 0 Å². The first-order valence-electron chi connectivity index (χ1n) is 5.76. The summed E-state index contributed by atoms with van der Waals surface area (Å²) in [5.74, 6) is -0.953. The second kappa shape index (κ2) is 4.81. The van der Waals surface area contributed by atoms with Crippen LogP contribution in [0, 0.1) is 5.82 Å². The number of thioether (sulfide) groups is 1. The molecule has 1 aromatic carbocycles. The van der Waals surface area contributed by atoms with Gasteiger partial charge in [0.1, 0.15) is 17.1 Å². The monoisotopic (exact) mass is 280 g/mol. The third-order valence-electron chi connectivity index (χ3n) is 3.07. The van der Waals surface area contributed by atoms with Gasteiger partial charge in [0, 0.05) is 0 Å². The summed E-state index contributed by atoms with van der Waals surface area (Å²) in [6.07, 6.45) is 0.353. The van der Waals surface area contributed by atoms with Crippen LogP contribution in [0.4, 0.5) is 4.39 Å². The van der Waals surface area contributed by atoms with Crippen molar-refractivity contribution in [2.45, 2.75) is 25.0 Å². The molecule has 2 rings (SSSR count). The van der Waals surface area contributed by atoms with Crippen LogP contribution in [0.25, 0.3) is 0 Å². The minimum Gasteiger partial charge on any atom is -0.510 e. The van der Waals surface area contributed by atoms with E-state index in [1.807, 2.05) is 0 Å². The molecule has 0 fully saturated rings. The van der Waals surface area contributed by atoms with Crippen molar-refractivity contribution < 1.29 is 19.1 Å². The number of hydrogen-bond donors (Lipinski definition) is 1. The SMILES string of the molecule is CC(=O)C1=C(O)C(C)(Cc2ccc(F)cc2)SC1=O. The minimum atomic E-state index is -0.865. The predicted molar refractivity (Wildman–Crippen MR) is 71.4 cm³/mol. The van der Waals surface area contributed by atoms with E-state index in [0.717, 1.165) is 17.3 Å². The Bertz CT molecular complexity index is 577. The summed E-state index contributed by atoms with van der Waals surface area (Å²) in [5.41, 5.74) is 0.662. The summed E-state index contributed by atoms with van der Waals surface area (Å²) >= 11 is 0.934. The lowest BCUT2D eigenvalue weighted by Gasteiger charge is -2.22. The molecule has 1 unspecified atom stereocenters. The lowest BCUT2D eigenvalue weighted by Crippen LogP contribution is -2.24. The van der Waals surface area contributed by atoms with Crippen LogP contribution in [0.2, 0.25) is 0 Å². The number of rotatable bonds is 3. The van der Waals surface area contributed by atoms with Crippen molar-refractivity contribution in [3.63, 3.8) is 0 Å². The molecule has 0 spiro atoms. The molecule has 0 bridgehead atoms. The smallest absolute Gasteiger partial charge is 0.227 e. The number of Topliss-reactive ketones (excluding diaryl/α,β-unsaturated/α-hetero) is 1. The zero-order valence-electron chi connectivity index (χ0n) is 10.6. The van der Waals surface area contributed by atoms with E-state index < -0.39 is 15.6 Å². The summed E-state index contributed by atoms with van der Waals surface area (Å²) in [5, 5.41) is 9.70. The first-order valence-corrected chi connectivity index (χ1v) is 6.57. The molecule has 1 atom stereocenters. The van der Waals surface area contributed by atoms with E-state index in [1.54, 1.807) is 19.1 Å². The summed E-state index contributed by atoms with van der Waals surface area (Å²) in [4.78, 5) is 23.1. The first-order chi connectivity index (χ1) is 8.83. The van der Waals surface area contributed by atoms with Crippen molar-refractivity contribution in [3.05, 3.63) is 47.0 Å². The second-order valence-electron chi connectivity index (χ2n) is 4.70. The summed E-state index contributed by atoms with van der Waals surface area (Å²) in [6, 6.07) is 5.86. The molecular weight excluding hydrogens is 267 g/mol. The van der Waals surface area contributed by atoms with E-state index >= 15 is 0 Å².